The van der Waals surface area contributed by atoms with Crippen molar-refractivity contribution in [1.82, 2.24) is 9.88 Å². The Hall–Kier alpha value is -1.48. The molecule has 0 bridgehead atoms. The molecule has 1 aliphatic heterocycles. The molecule has 0 unspecified atom stereocenters. The number of H-pyrrole nitrogens is 1. The van der Waals surface area contributed by atoms with Gasteiger partial charge < -0.3 is 9.88 Å². The molecule has 2 aliphatic rings. The molecule has 1 aliphatic carbocycles. The fourth-order valence-electron chi connectivity index (χ4n) is 5.28. The predicted octanol–water partition coefficient (Wildman–Crippen LogP) is 6.65. The summed E-state index contributed by atoms with van der Waals surface area (Å²) < 4.78 is 0. The van der Waals surface area contributed by atoms with Gasteiger partial charge in [-0.1, -0.05) is 57.6 Å². The third-order valence-electron chi connectivity index (χ3n) is 6.72. The van der Waals surface area contributed by atoms with Crippen molar-refractivity contribution in [2.24, 2.45) is 11.8 Å². The number of hydrogen-bond donors (Lipinski definition) is 1. The smallest absolute Gasteiger partial charge is 0.223 e. The topological polar surface area (TPSA) is 36.1 Å². The minimum absolute atomic E-state index is 0.161. The van der Waals surface area contributed by atoms with Crippen molar-refractivity contribution >= 4 is 28.4 Å². The first-order valence-electron chi connectivity index (χ1n) is 11.1. The van der Waals surface area contributed by atoms with Crippen molar-refractivity contribution in [1.29, 1.82) is 0 Å². The molecule has 3 nitrogen and oxygen atoms in total. The number of aromatic nitrogens is 1. The molecule has 4 heteroatoms. The first-order chi connectivity index (χ1) is 13.5. The molecule has 1 amide bonds. The van der Waals surface area contributed by atoms with Crippen LogP contribution < -0.4 is 0 Å². The summed E-state index contributed by atoms with van der Waals surface area (Å²) in [5.74, 6) is 1.65. The zero-order chi connectivity index (χ0) is 19.7. The number of hydrogen-bond acceptors (Lipinski definition) is 1. The summed E-state index contributed by atoms with van der Waals surface area (Å²) in [6.45, 7) is 5.32. The Labute approximate surface area is 173 Å². The van der Waals surface area contributed by atoms with Crippen molar-refractivity contribution in [3.63, 3.8) is 0 Å². The lowest BCUT2D eigenvalue weighted by Gasteiger charge is -2.37. The van der Waals surface area contributed by atoms with Gasteiger partial charge in [-0.05, 0) is 54.9 Å². The maximum Gasteiger partial charge on any atom is 0.223 e. The molecule has 152 valence electrons. The Morgan fingerprint density at radius 1 is 1.25 bits per heavy atom. The summed E-state index contributed by atoms with van der Waals surface area (Å²) in [6, 6.07) is 6.24. The number of nitrogens with zero attached hydrogens (tertiary/aromatic N) is 1. The Bertz CT molecular complexity index is 834. The number of carbonyl (C=O) groups excluding carboxylic acids is 1. The van der Waals surface area contributed by atoms with Gasteiger partial charge in [0, 0.05) is 34.6 Å². The lowest BCUT2D eigenvalue weighted by Crippen LogP contribution is -2.40. The number of rotatable bonds is 5. The number of aromatic amines is 1. The highest BCUT2D eigenvalue weighted by Gasteiger charge is 2.33. The second kappa shape index (κ2) is 8.49. The Kier molecular flexibility index (Phi) is 6.01. The standard InChI is InChI=1S/C24H33ClN2O/c1-16(2)14-22-24-19(20-15-18(25)9-10-21(20)26-24)12-13-27(22)23(28)11-8-17-6-4-3-5-7-17/h9-10,15-17,22,26H,3-8,11-14H2,1-2H3/t22-/m0/s1. The summed E-state index contributed by atoms with van der Waals surface area (Å²) in [7, 11) is 0. The van der Waals surface area contributed by atoms with Gasteiger partial charge >= 0.3 is 0 Å². The Balaban J connectivity index is 1.56. The first kappa shape index (κ1) is 19.8. The minimum Gasteiger partial charge on any atom is -0.356 e. The highest BCUT2D eigenvalue weighted by Crippen LogP contribution is 2.39. The molecule has 28 heavy (non-hydrogen) atoms. The zero-order valence-corrected chi connectivity index (χ0v) is 18.0. The monoisotopic (exact) mass is 400 g/mol. The van der Waals surface area contributed by atoms with E-state index < -0.39 is 0 Å². The van der Waals surface area contributed by atoms with Gasteiger partial charge in [-0.15, -0.1) is 0 Å². The van der Waals surface area contributed by atoms with E-state index in [0.717, 1.165) is 42.3 Å². The van der Waals surface area contributed by atoms with Gasteiger partial charge in [0.05, 0.1) is 6.04 Å². The molecule has 1 N–H and O–H groups in total. The summed E-state index contributed by atoms with van der Waals surface area (Å²) in [4.78, 5) is 19.0. The third kappa shape index (κ3) is 4.10. The van der Waals surface area contributed by atoms with Crippen LogP contribution in [-0.2, 0) is 11.2 Å². The molecule has 2 aromatic rings. The molecule has 2 heterocycles. The van der Waals surface area contributed by atoms with Gasteiger partial charge in [0.2, 0.25) is 5.91 Å². The van der Waals surface area contributed by atoms with E-state index in [-0.39, 0.29) is 6.04 Å². The summed E-state index contributed by atoms with van der Waals surface area (Å²) in [5.41, 5.74) is 3.74. The summed E-state index contributed by atoms with van der Waals surface area (Å²) in [6.07, 6.45) is 10.4. The predicted molar refractivity (Wildman–Crippen MR) is 117 cm³/mol. The van der Waals surface area contributed by atoms with Crippen LogP contribution >= 0.6 is 11.6 Å². The minimum atomic E-state index is 0.161. The quantitative estimate of drug-likeness (QED) is 0.598. The number of amides is 1. The van der Waals surface area contributed by atoms with E-state index in [1.165, 1.54) is 48.7 Å². The van der Waals surface area contributed by atoms with Crippen LogP contribution in [-0.4, -0.2) is 22.3 Å². The largest absolute Gasteiger partial charge is 0.356 e. The van der Waals surface area contributed by atoms with E-state index in [2.05, 4.69) is 35.9 Å². The van der Waals surface area contributed by atoms with Crippen molar-refractivity contribution in [3.05, 3.63) is 34.5 Å². The van der Waals surface area contributed by atoms with Gasteiger partial charge in [0.25, 0.3) is 0 Å². The maximum atomic E-state index is 13.2. The third-order valence-corrected chi connectivity index (χ3v) is 6.95. The van der Waals surface area contributed by atoms with Crippen molar-refractivity contribution in [2.45, 2.75) is 77.7 Å². The first-order valence-corrected chi connectivity index (χ1v) is 11.5. The number of nitrogens with one attached hydrogen (secondary N) is 1. The maximum absolute atomic E-state index is 13.2. The van der Waals surface area contributed by atoms with Crippen LogP contribution in [0.15, 0.2) is 18.2 Å². The fourth-order valence-corrected chi connectivity index (χ4v) is 5.45. The van der Waals surface area contributed by atoms with Crippen LogP contribution in [0.2, 0.25) is 5.02 Å². The van der Waals surface area contributed by atoms with Gasteiger partial charge in [0.1, 0.15) is 0 Å². The molecule has 1 atom stereocenters. The normalized spacial score (nSPS) is 20.7. The van der Waals surface area contributed by atoms with Gasteiger partial charge in [-0.3, -0.25) is 4.79 Å². The van der Waals surface area contributed by atoms with Crippen LogP contribution in [0, 0.1) is 11.8 Å². The van der Waals surface area contributed by atoms with Crippen LogP contribution in [0.1, 0.15) is 82.5 Å². The Morgan fingerprint density at radius 2 is 2.04 bits per heavy atom. The van der Waals surface area contributed by atoms with Crippen LogP contribution in [0.5, 0.6) is 0 Å². The fraction of sp³-hybridized carbons (Fsp3) is 0.625. The van der Waals surface area contributed by atoms with E-state index in [1.54, 1.807) is 0 Å². The molecule has 1 aromatic carbocycles. The van der Waals surface area contributed by atoms with Gasteiger partial charge in [-0.25, -0.2) is 0 Å². The van der Waals surface area contributed by atoms with E-state index >= 15 is 0 Å². The van der Waals surface area contributed by atoms with Crippen molar-refractivity contribution in [3.8, 4) is 0 Å². The summed E-state index contributed by atoms with van der Waals surface area (Å²) in [5, 5.41) is 2.01. The van der Waals surface area contributed by atoms with Gasteiger partial charge in [0.15, 0.2) is 0 Å². The highest BCUT2D eigenvalue weighted by atomic mass is 35.5. The van der Waals surface area contributed by atoms with Gasteiger partial charge in [-0.2, -0.15) is 0 Å². The molecule has 1 aromatic heterocycles. The lowest BCUT2D eigenvalue weighted by molar-refractivity contribution is -0.135. The molecule has 0 spiro atoms. The van der Waals surface area contributed by atoms with E-state index in [0.29, 0.717) is 18.2 Å². The van der Waals surface area contributed by atoms with E-state index in [1.807, 2.05) is 6.07 Å². The number of halogens is 1. The van der Waals surface area contributed by atoms with Crippen LogP contribution in [0.3, 0.4) is 0 Å². The second-order valence-electron chi connectivity index (χ2n) is 9.23. The number of fused-ring (bicyclic) bond motifs is 3. The average Bonchev–Trinajstić information content (AvgIpc) is 3.05. The van der Waals surface area contributed by atoms with E-state index in [4.69, 9.17) is 11.6 Å². The SMILES string of the molecule is CC(C)C[C@H]1c2[nH]c3ccc(Cl)cc3c2CCN1C(=O)CCC1CCCCC1. The molecule has 4 rings (SSSR count). The summed E-state index contributed by atoms with van der Waals surface area (Å²) >= 11 is 6.25. The van der Waals surface area contributed by atoms with Crippen LogP contribution in [0.4, 0.5) is 0 Å². The molecular formula is C24H33ClN2O. The second-order valence-corrected chi connectivity index (χ2v) is 9.67. The van der Waals surface area contributed by atoms with Crippen LogP contribution in [0.25, 0.3) is 10.9 Å². The zero-order valence-electron chi connectivity index (χ0n) is 17.3. The average molecular weight is 401 g/mol. The van der Waals surface area contributed by atoms with Crippen molar-refractivity contribution in [2.75, 3.05) is 6.54 Å². The van der Waals surface area contributed by atoms with E-state index in [9.17, 15) is 4.79 Å². The highest BCUT2D eigenvalue weighted by molar-refractivity contribution is 6.31. The molecular weight excluding hydrogens is 368 g/mol. The Morgan fingerprint density at radius 3 is 2.79 bits per heavy atom. The molecule has 1 fully saturated rings. The number of carbonyl (C=O) groups is 1. The lowest BCUT2D eigenvalue weighted by atomic mass is 9.85. The molecule has 0 saturated heterocycles. The number of benzene rings is 1. The molecule has 0 radical (unpaired) electrons. The van der Waals surface area contributed by atoms with Crippen molar-refractivity contribution < 1.29 is 4.79 Å². The molecule has 1 saturated carbocycles.